The van der Waals surface area contributed by atoms with E-state index in [0.29, 0.717) is 16.5 Å². The predicted octanol–water partition coefficient (Wildman–Crippen LogP) is 3.23. The highest BCUT2D eigenvalue weighted by molar-refractivity contribution is 7.17. The van der Waals surface area contributed by atoms with E-state index in [0.717, 1.165) is 24.8 Å². The molecule has 0 radical (unpaired) electrons. The number of carbonyl (C=O) groups excluding carboxylic acids is 2. The van der Waals surface area contributed by atoms with Crippen LogP contribution in [0.25, 0.3) is 0 Å². The van der Waals surface area contributed by atoms with E-state index in [2.05, 4.69) is 12.2 Å². The molecule has 0 fully saturated rings. The number of halogens is 1. The number of esters is 1. The van der Waals surface area contributed by atoms with Gasteiger partial charge in [-0.15, -0.1) is 22.9 Å². The number of nitrogens with one attached hydrogen (secondary N) is 1. The van der Waals surface area contributed by atoms with Crippen molar-refractivity contribution in [2.24, 2.45) is 5.92 Å². The monoisotopic (exact) mass is 315 g/mol. The molecule has 0 unspecified atom stereocenters. The molecule has 1 aliphatic rings. The molecule has 0 aliphatic heterocycles. The summed E-state index contributed by atoms with van der Waals surface area (Å²) in [6.07, 6.45) is 2.84. The van der Waals surface area contributed by atoms with Crippen molar-refractivity contribution >= 4 is 39.8 Å². The fourth-order valence-electron chi connectivity index (χ4n) is 2.37. The number of fused-ring (bicyclic) bond motifs is 1. The Balaban J connectivity index is 2.40. The average molecular weight is 316 g/mol. The SMILES string of the molecule is COC(=O)c1c(NC(=O)[C@H](C)Cl)sc2c1CC[C@H](C)C2. The minimum absolute atomic E-state index is 0.302. The summed E-state index contributed by atoms with van der Waals surface area (Å²) in [5, 5.41) is 2.67. The fraction of sp³-hybridized carbons (Fsp3) is 0.571. The molecule has 0 saturated carbocycles. The molecule has 1 aromatic heterocycles. The first kappa shape index (κ1) is 15.3. The van der Waals surface area contributed by atoms with Crippen LogP contribution in [0.2, 0.25) is 0 Å². The number of carbonyl (C=O) groups is 2. The topological polar surface area (TPSA) is 55.4 Å². The highest BCUT2D eigenvalue weighted by atomic mass is 35.5. The Morgan fingerprint density at radius 2 is 2.20 bits per heavy atom. The zero-order chi connectivity index (χ0) is 14.9. The van der Waals surface area contributed by atoms with Crippen molar-refractivity contribution < 1.29 is 14.3 Å². The van der Waals surface area contributed by atoms with Gasteiger partial charge in [-0.1, -0.05) is 6.92 Å². The van der Waals surface area contributed by atoms with Crippen LogP contribution in [0.4, 0.5) is 5.00 Å². The Morgan fingerprint density at radius 3 is 2.80 bits per heavy atom. The second-order valence-corrected chi connectivity index (χ2v) is 6.91. The Kier molecular flexibility index (Phi) is 4.70. The molecular weight excluding hydrogens is 298 g/mol. The maximum absolute atomic E-state index is 12.0. The number of methoxy groups -OCH3 is 1. The molecule has 1 heterocycles. The number of anilines is 1. The fourth-order valence-corrected chi connectivity index (χ4v) is 3.82. The molecule has 2 rings (SSSR count). The molecule has 1 aliphatic carbocycles. The first-order chi connectivity index (χ1) is 9.43. The molecule has 110 valence electrons. The lowest BCUT2D eigenvalue weighted by Gasteiger charge is -2.18. The molecule has 0 spiro atoms. The van der Waals surface area contributed by atoms with Gasteiger partial charge >= 0.3 is 5.97 Å². The van der Waals surface area contributed by atoms with Crippen LogP contribution in [0.15, 0.2) is 0 Å². The molecule has 2 atom stereocenters. The van der Waals surface area contributed by atoms with Crippen molar-refractivity contribution in [1.29, 1.82) is 0 Å². The number of amides is 1. The van der Waals surface area contributed by atoms with Gasteiger partial charge in [0, 0.05) is 4.88 Å². The van der Waals surface area contributed by atoms with Crippen LogP contribution in [-0.4, -0.2) is 24.4 Å². The zero-order valence-corrected chi connectivity index (χ0v) is 13.4. The third-order valence-corrected chi connectivity index (χ3v) is 4.87. The van der Waals surface area contributed by atoms with E-state index in [1.54, 1.807) is 6.92 Å². The summed E-state index contributed by atoms with van der Waals surface area (Å²) in [6, 6.07) is 0. The standard InChI is InChI=1S/C14H18ClNO3S/c1-7-4-5-9-10(6-7)20-13(11(9)14(18)19-3)16-12(17)8(2)15/h7-8H,4-6H2,1-3H3,(H,16,17)/t7-,8-/m0/s1. The van der Waals surface area contributed by atoms with E-state index < -0.39 is 11.3 Å². The molecule has 1 aromatic rings. The van der Waals surface area contributed by atoms with Gasteiger partial charge < -0.3 is 10.1 Å². The summed E-state index contributed by atoms with van der Waals surface area (Å²) in [7, 11) is 1.35. The molecule has 1 amide bonds. The second-order valence-electron chi connectivity index (χ2n) is 5.15. The summed E-state index contributed by atoms with van der Waals surface area (Å²) in [5.74, 6) is -0.0970. The maximum Gasteiger partial charge on any atom is 0.341 e. The number of hydrogen-bond acceptors (Lipinski definition) is 4. The van der Waals surface area contributed by atoms with Crippen LogP contribution >= 0.6 is 22.9 Å². The minimum Gasteiger partial charge on any atom is -0.465 e. The van der Waals surface area contributed by atoms with Gasteiger partial charge in [0.2, 0.25) is 5.91 Å². The normalized spacial score (nSPS) is 19.1. The Morgan fingerprint density at radius 1 is 1.50 bits per heavy atom. The van der Waals surface area contributed by atoms with E-state index >= 15 is 0 Å². The van der Waals surface area contributed by atoms with E-state index in [1.807, 2.05) is 0 Å². The molecule has 0 saturated heterocycles. The third kappa shape index (κ3) is 2.99. The van der Waals surface area contributed by atoms with Gasteiger partial charge in [-0.25, -0.2) is 4.79 Å². The number of alkyl halides is 1. The maximum atomic E-state index is 12.0. The highest BCUT2D eigenvalue weighted by Gasteiger charge is 2.29. The van der Waals surface area contributed by atoms with Gasteiger partial charge in [0.1, 0.15) is 10.4 Å². The van der Waals surface area contributed by atoms with Gasteiger partial charge in [0.25, 0.3) is 0 Å². The van der Waals surface area contributed by atoms with Gasteiger partial charge in [0.15, 0.2) is 0 Å². The van der Waals surface area contributed by atoms with Crippen LogP contribution in [0.3, 0.4) is 0 Å². The zero-order valence-electron chi connectivity index (χ0n) is 11.8. The first-order valence-corrected chi connectivity index (χ1v) is 7.87. The van der Waals surface area contributed by atoms with Crippen molar-refractivity contribution in [3.63, 3.8) is 0 Å². The van der Waals surface area contributed by atoms with E-state index in [-0.39, 0.29) is 5.91 Å². The van der Waals surface area contributed by atoms with E-state index in [1.165, 1.54) is 23.3 Å². The summed E-state index contributed by atoms with van der Waals surface area (Å²) in [6.45, 7) is 3.80. The lowest BCUT2D eigenvalue weighted by Crippen LogP contribution is -2.21. The van der Waals surface area contributed by atoms with Gasteiger partial charge in [0.05, 0.1) is 12.7 Å². The Bertz CT molecular complexity index is 539. The molecule has 0 aromatic carbocycles. The second kappa shape index (κ2) is 6.14. The minimum atomic E-state index is -0.640. The third-order valence-electron chi connectivity index (χ3n) is 3.50. The van der Waals surface area contributed by atoms with Gasteiger partial charge in [-0.3, -0.25) is 4.79 Å². The smallest absolute Gasteiger partial charge is 0.341 e. The molecule has 0 bridgehead atoms. The summed E-state index contributed by atoms with van der Waals surface area (Å²) >= 11 is 7.23. The Labute approximate surface area is 127 Å². The lowest BCUT2D eigenvalue weighted by molar-refractivity contribution is -0.115. The highest BCUT2D eigenvalue weighted by Crippen LogP contribution is 2.40. The summed E-state index contributed by atoms with van der Waals surface area (Å²) in [5.41, 5.74) is 1.53. The predicted molar refractivity (Wildman–Crippen MR) is 80.8 cm³/mol. The van der Waals surface area contributed by atoms with Gasteiger partial charge in [-0.2, -0.15) is 0 Å². The Hall–Kier alpha value is -1.07. The van der Waals surface area contributed by atoms with Crippen molar-refractivity contribution in [2.75, 3.05) is 12.4 Å². The largest absolute Gasteiger partial charge is 0.465 e. The van der Waals surface area contributed by atoms with Gasteiger partial charge in [-0.05, 0) is 37.7 Å². The van der Waals surface area contributed by atoms with E-state index in [4.69, 9.17) is 16.3 Å². The van der Waals surface area contributed by atoms with Crippen molar-refractivity contribution in [2.45, 2.75) is 38.5 Å². The first-order valence-electron chi connectivity index (χ1n) is 6.61. The lowest BCUT2D eigenvalue weighted by atomic mass is 9.88. The summed E-state index contributed by atoms with van der Waals surface area (Å²) in [4.78, 5) is 24.9. The number of ether oxygens (including phenoxy) is 1. The van der Waals surface area contributed by atoms with Crippen molar-refractivity contribution in [3.8, 4) is 0 Å². The molecule has 6 heteroatoms. The molecule has 20 heavy (non-hydrogen) atoms. The van der Waals surface area contributed by atoms with E-state index in [9.17, 15) is 9.59 Å². The quantitative estimate of drug-likeness (QED) is 0.688. The molecular formula is C14H18ClNO3S. The van der Waals surface area contributed by atoms with Crippen LogP contribution in [0.1, 0.15) is 41.1 Å². The van der Waals surface area contributed by atoms with Crippen LogP contribution in [0, 0.1) is 5.92 Å². The summed E-state index contributed by atoms with van der Waals surface area (Å²) < 4.78 is 4.85. The van der Waals surface area contributed by atoms with Crippen LogP contribution < -0.4 is 5.32 Å². The number of thiophene rings is 1. The number of hydrogen-bond donors (Lipinski definition) is 1. The van der Waals surface area contributed by atoms with Crippen LogP contribution in [-0.2, 0) is 22.4 Å². The molecule has 1 N–H and O–H groups in total. The number of rotatable bonds is 3. The van der Waals surface area contributed by atoms with Crippen molar-refractivity contribution in [3.05, 3.63) is 16.0 Å². The average Bonchev–Trinajstić information content (AvgIpc) is 2.74. The van der Waals surface area contributed by atoms with Crippen molar-refractivity contribution in [1.82, 2.24) is 0 Å². The molecule has 4 nitrogen and oxygen atoms in total. The van der Waals surface area contributed by atoms with Crippen LogP contribution in [0.5, 0.6) is 0 Å².